The van der Waals surface area contributed by atoms with E-state index in [1.165, 1.54) is 32.2 Å². The fourth-order valence-electron chi connectivity index (χ4n) is 1.90. The van der Waals surface area contributed by atoms with Crippen molar-refractivity contribution in [3.05, 3.63) is 29.3 Å². The van der Waals surface area contributed by atoms with Gasteiger partial charge in [0.2, 0.25) is 10.0 Å². The van der Waals surface area contributed by atoms with E-state index in [4.69, 9.17) is 5.11 Å². The summed E-state index contributed by atoms with van der Waals surface area (Å²) in [5.74, 6) is -2.24. The van der Waals surface area contributed by atoms with Crippen LogP contribution < -0.4 is 4.72 Å². The van der Waals surface area contributed by atoms with Crippen molar-refractivity contribution in [1.82, 2.24) is 4.72 Å². The topological polar surface area (TPSA) is 110 Å². The number of aliphatic carboxylic acids is 1. The largest absolute Gasteiger partial charge is 0.480 e. The maximum Gasteiger partial charge on any atom is 0.337 e. The molecular weight excluding hydrogens is 310 g/mol. The van der Waals surface area contributed by atoms with Crippen LogP contribution in [-0.2, 0) is 19.6 Å². The lowest BCUT2D eigenvalue weighted by atomic mass is 10.1. The summed E-state index contributed by atoms with van der Waals surface area (Å²) in [6.07, 6.45) is 0. The predicted molar refractivity (Wildman–Crippen MR) is 79.1 cm³/mol. The number of ether oxygens (including phenoxy) is 1. The number of sulfonamides is 1. The zero-order valence-corrected chi connectivity index (χ0v) is 13.6. The summed E-state index contributed by atoms with van der Waals surface area (Å²) < 4.78 is 31.4. The van der Waals surface area contributed by atoms with Crippen LogP contribution in [0.5, 0.6) is 0 Å². The molecule has 0 aliphatic heterocycles. The average molecular weight is 329 g/mol. The summed E-state index contributed by atoms with van der Waals surface area (Å²) in [5.41, 5.74) is 0.542. The van der Waals surface area contributed by atoms with Crippen molar-refractivity contribution in [3.63, 3.8) is 0 Å². The Kier molecular flexibility index (Phi) is 5.67. The van der Waals surface area contributed by atoms with Crippen LogP contribution in [0.15, 0.2) is 23.1 Å². The minimum absolute atomic E-state index is 0.0768. The zero-order chi connectivity index (χ0) is 17.1. The van der Waals surface area contributed by atoms with Crippen LogP contribution >= 0.6 is 0 Å². The van der Waals surface area contributed by atoms with Crippen LogP contribution in [0.25, 0.3) is 0 Å². The number of hydrogen-bond acceptors (Lipinski definition) is 5. The molecule has 0 bridgehead atoms. The van der Waals surface area contributed by atoms with Crippen LogP contribution in [0, 0.1) is 12.8 Å². The molecule has 1 aromatic carbocycles. The lowest BCUT2D eigenvalue weighted by Gasteiger charge is -2.19. The van der Waals surface area contributed by atoms with Crippen molar-refractivity contribution in [1.29, 1.82) is 0 Å². The van der Waals surface area contributed by atoms with Crippen LogP contribution in [0.3, 0.4) is 0 Å². The lowest BCUT2D eigenvalue weighted by molar-refractivity contribution is -0.140. The minimum Gasteiger partial charge on any atom is -0.480 e. The Bertz CT molecular complexity index is 681. The molecule has 0 spiro atoms. The number of aryl methyl sites for hydroxylation is 1. The number of nitrogens with one attached hydrogen (secondary N) is 1. The summed E-state index contributed by atoms with van der Waals surface area (Å²) in [7, 11) is -2.79. The zero-order valence-electron chi connectivity index (χ0n) is 12.8. The molecule has 122 valence electrons. The number of carboxylic acids is 1. The van der Waals surface area contributed by atoms with Gasteiger partial charge in [0.15, 0.2) is 0 Å². The third-order valence-corrected chi connectivity index (χ3v) is 4.70. The van der Waals surface area contributed by atoms with Crippen molar-refractivity contribution in [2.75, 3.05) is 7.11 Å². The highest BCUT2D eigenvalue weighted by molar-refractivity contribution is 7.89. The van der Waals surface area contributed by atoms with Gasteiger partial charge >= 0.3 is 11.9 Å². The quantitative estimate of drug-likeness (QED) is 0.758. The number of hydrogen-bond donors (Lipinski definition) is 2. The first kappa shape index (κ1) is 18.1. The molecule has 0 fully saturated rings. The molecule has 22 heavy (non-hydrogen) atoms. The fraction of sp³-hybridized carbons (Fsp3) is 0.429. The van der Waals surface area contributed by atoms with Gasteiger partial charge < -0.3 is 9.84 Å². The van der Waals surface area contributed by atoms with E-state index < -0.39 is 33.9 Å². The SMILES string of the molecule is COC(=O)c1ccc(S(=O)(=O)NC(C(=O)O)C(C)C)c(C)c1. The van der Waals surface area contributed by atoms with Crippen LogP contribution in [0.4, 0.5) is 0 Å². The molecule has 8 heteroatoms. The number of methoxy groups -OCH3 is 1. The van der Waals surface area contributed by atoms with Crippen LogP contribution in [-0.4, -0.2) is 38.6 Å². The van der Waals surface area contributed by atoms with Gasteiger partial charge in [-0.15, -0.1) is 0 Å². The van der Waals surface area contributed by atoms with E-state index in [1.54, 1.807) is 13.8 Å². The second kappa shape index (κ2) is 6.89. The second-order valence-electron chi connectivity index (χ2n) is 5.15. The molecule has 0 radical (unpaired) electrons. The number of carbonyl (C=O) groups excluding carboxylic acids is 1. The van der Waals surface area contributed by atoms with Crippen molar-refractivity contribution in [2.24, 2.45) is 5.92 Å². The Morgan fingerprint density at radius 3 is 2.27 bits per heavy atom. The first-order valence-electron chi connectivity index (χ1n) is 6.54. The molecule has 0 saturated carbocycles. The Morgan fingerprint density at radius 1 is 1.27 bits per heavy atom. The molecule has 0 aliphatic carbocycles. The minimum atomic E-state index is -4.01. The maximum absolute atomic E-state index is 12.3. The number of benzene rings is 1. The maximum atomic E-state index is 12.3. The van der Waals surface area contributed by atoms with Gasteiger partial charge in [-0.2, -0.15) is 4.72 Å². The second-order valence-corrected chi connectivity index (χ2v) is 6.84. The van der Waals surface area contributed by atoms with Gasteiger partial charge in [0.05, 0.1) is 17.6 Å². The highest BCUT2D eigenvalue weighted by Gasteiger charge is 2.29. The van der Waals surface area contributed by atoms with E-state index in [1.807, 2.05) is 0 Å². The summed E-state index contributed by atoms with van der Waals surface area (Å²) in [5, 5.41) is 9.08. The van der Waals surface area contributed by atoms with Gasteiger partial charge in [-0.1, -0.05) is 13.8 Å². The Labute approximate surface area is 129 Å². The van der Waals surface area contributed by atoms with E-state index in [0.29, 0.717) is 5.56 Å². The normalized spacial score (nSPS) is 13.0. The Hall–Kier alpha value is -1.93. The molecule has 7 nitrogen and oxygen atoms in total. The van der Waals surface area contributed by atoms with E-state index in [-0.39, 0.29) is 10.5 Å². The van der Waals surface area contributed by atoms with Crippen LogP contribution in [0.1, 0.15) is 29.8 Å². The molecule has 0 aromatic heterocycles. The monoisotopic (exact) mass is 329 g/mol. The molecule has 1 unspecified atom stereocenters. The smallest absolute Gasteiger partial charge is 0.337 e. The summed E-state index contributed by atoms with van der Waals surface area (Å²) in [6, 6.07) is 2.72. The molecule has 1 rings (SSSR count). The number of carboxylic acid groups (broad SMARTS) is 1. The van der Waals surface area contributed by atoms with E-state index >= 15 is 0 Å². The highest BCUT2D eigenvalue weighted by Crippen LogP contribution is 2.18. The lowest BCUT2D eigenvalue weighted by Crippen LogP contribution is -2.44. The van der Waals surface area contributed by atoms with Gasteiger partial charge in [0.1, 0.15) is 6.04 Å². The molecule has 1 aromatic rings. The molecule has 1 atom stereocenters. The first-order valence-corrected chi connectivity index (χ1v) is 8.02. The van der Waals surface area contributed by atoms with Gasteiger partial charge in [-0.05, 0) is 36.6 Å². The average Bonchev–Trinajstić information content (AvgIpc) is 2.42. The molecule has 0 amide bonds. The summed E-state index contributed by atoms with van der Waals surface area (Å²) in [6.45, 7) is 4.73. The van der Waals surface area contributed by atoms with E-state index in [2.05, 4.69) is 9.46 Å². The van der Waals surface area contributed by atoms with Crippen molar-refractivity contribution in [2.45, 2.75) is 31.7 Å². The fourth-order valence-corrected chi connectivity index (χ4v) is 3.46. The van der Waals surface area contributed by atoms with Crippen molar-refractivity contribution in [3.8, 4) is 0 Å². The molecular formula is C14H19NO6S. The number of rotatable bonds is 6. The number of carbonyl (C=O) groups is 2. The third-order valence-electron chi connectivity index (χ3n) is 3.10. The van der Waals surface area contributed by atoms with Crippen molar-refractivity contribution < 1.29 is 27.9 Å². The molecule has 0 aliphatic rings. The summed E-state index contributed by atoms with van der Waals surface area (Å²) >= 11 is 0. The Morgan fingerprint density at radius 2 is 1.86 bits per heavy atom. The summed E-state index contributed by atoms with van der Waals surface area (Å²) in [4.78, 5) is 22.5. The van der Waals surface area contributed by atoms with Crippen molar-refractivity contribution >= 4 is 22.0 Å². The first-order chi connectivity index (χ1) is 10.1. The molecule has 0 heterocycles. The highest BCUT2D eigenvalue weighted by atomic mass is 32.2. The van der Waals surface area contributed by atoms with Gasteiger partial charge in [0.25, 0.3) is 0 Å². The Balaban J connectivity index is 3.18. The molecule has 0 saturated heterocycles. The number of esters is 1. The van der Waals surface area contributed by atoms with Crippen LogP contribution in [0.2, 0.25) is 0 Å². The third kappa shape index (κ3) is 4.05. The van der Waals surface area contributed by atoms with Gasteiger partial charge in [0, 0.05) is 0 Å². The van der Waals surface area contributed by atoms with Gasteiger partial charge in [-0.25, -0.2) is 13.2 Å². The predicted octanol–water partition coefficient (Wildman–Crippen LogP) is 1.17. The molecule has 2 N–H and O–H groups in total. The van der Waals surface area contributed by atoms with E-state index in [9.17, 15) is 18.0 Å². The standard InChI is InChI=1S/C14H19NO6S/c1-8(2)12(13(16)17)15-22(19,20)11-6-5-10(7-9(11)3)14(18)21-4/h5-8,12,15H,1-4H3,(H,16,17). The van der Waals surface area contributed by atoms with Gasteiger partial charge in [-0.3, -0.25) is 4.79 Å². The van der Waals surface area contributed by atoms with E-state index in [0.717, 1.165) is 0 Å².